The van der Waals surface area contributed by atoms with Crippen LogP contribution in [0.4, 0.5) is 27.9 Å². The first-order valence-corrected chi connectivity index (χ1v) is 13.1. The molecule has 5 rings (SSSR count). The number of nitrogens with one attached hydrogen (secondary N) is 3. The summed E-state index contributed by atoms with van der Waals surface area (Å²) in [5.41, 5.74) is 11.4. The maximum atomic E-state index is 12.9. The van der Waals surface area contributed by atoms with Crippen molar-refractivity contribution >= 4 is 56.5 Å². The molecule has 10 heteroatoms. The Morgan fingerprint density at radius 2 is 1.92 bits per heavy atom. The monoisotopic (exact) mass is 528 g/mol. The molecule has 1 unspecified atom stereocenters. The average molecular weight is 529 g/mol. The molecular weight excluding hydrogens is 504 g/mol. The first-order valence-electron chi connectivity index (χ1n) is 11.4. The van der Waals surface area contributed by atoms with E-state index in [-0.39, 0.29) is 5.91 Å². The lowest BCUT2D eigenvalue weighted by Crippen LogP contribution is -2.11. The summed E-state index contributed by atoms with van der Waals surface area (Å²) in [6, 6.07) is 20.1. The molecule has 37 heavy (non-hydrogen) atoms. The molecule has 3 heterocycles. The summed E-state index contributed by atoms with van der Waals surface area (Å²) in [5, 5.41) is 22.5. The minimum atomic E-state index is -0.985. The number of aryl methyl sites for hydroxylation is 1. The van der Waals surface area contributed by atoms with Gasteiger partial charge in [0.25, 0.3) is 5.91 Å². The van der Waals surface area contributed by atoms with Gasteiger partial charge in [0, 0.05) is 34.7 Å². The van der Waals surface area contributed by atoms with E-state index in [1.54, 1.807) is 36.7 Å². The summed E-state index contributed by atoms with van der Waals surface area (Å²) in [5.74, 6) is -0.259. The van der Waals surface area contributed by atoms with Gasteiger partial charge in [-0.25, -0.2) is 4.98 Å². The SMILES string of the molecule is Cc1ccc(NC(=O)c2ccc(C(O)Nc3ccccc3N)s2)cc1Nc1nc(-c2cccnc2)cs1. The summed E-state index contributed by atoms with van der Waals surface area (Å²) in [6.07, 6.45) is 2.53. The molecule has 0 spiro atoms. The van der Waals surface area contributed by atoms with Gasteiger partial charge in [-0.3, -0.25) is 9.78 Å². The average Bonchev–Trinajstić information content (AvgIpc) is 3.58. The van der Waals surface area contributed by atoms with Crippen molar-refractivity contribution in [2.75, 3.05) is 21.7 Å². The number of pyridine rings is 1. The van der Waals surface area contributed by atoms with Crippen LogP contribution >= 0.6 is 22.7 Å². The van der Waals surface area contributed by atoms with E-state index < -0.39 is 6.23 Å². The van der Waals surface area contributed by atoms with E-state index in [0.717, 1.165) is 27.6 Å². The van der Waals surface area contributed by atoms with E-state index in [9.17, 15) is 9.90 Å². The predicted octanol–water partition coefficient (Wildman–Crippen LogP) is 6.26. The Labute approximate surface area is 221 Å². The Bertz CT molecular complexity index is 1530. The zero-order valence-corrected chi connectivity index (χ0v) is 21.4. The van der Waals surface area contributed by atoms with Crippen LogP contribution in [0.15, 0.2) is 84.5 Å². The van der Waals surface area contributed by atoms with Gasteiger partial charge in [0.1, 0.15) is 0 Å². The van der Waals surface area contributed by atoms with E-state index in [0.29, 0.717) is 26.8 Å². The number of nitrogens with zero attached hydrogens (tertiary/aromatic N) is 2. The number of benzene rings is 2. The number of hydrogen-bond acceptors (Lipinski definition) is 9. The number of aromatic nitrogens is 2. The predicted molar refractivity (Wildman–Crippen MR) is 152 cm³/mol. The van der Waals surface area contributed by atoms with Gasteiger partial charge in [-0.15, -0.1) is 22.7 Å². The van der Waals surface area contributed by atoms with E-state index in [4.69, 9.17) is 5.73 Å². The zero-order valence-electron chi connectivity index (χ0n) is 19.8. The second-order valence-electron chi connectivity index (χ2n) is 8.22. The summed E-state index contributed by atoms with van der Waals surface area (Å²) in [4.78, 5) is 22.8. The molecule has 3 aromatic heterocycles. The summed E-state index contributed by atoms with van der Waals surface area (Å²) in [6.45, 7) is 1.99. The molecule has 0 saturated carbocycles. The fourth-order valence-corrected chi connectivity index (χ4v) is 5.16. The van der Waals surface area contributed by atoms with Crippen LogP contribution in [0.25, 0.3) is 11.3 Å². The Morgan fingerprint density at radius 1 is 1.05 bits per heavy atom. The minimum absolute atomic E-state index is 0.259. The molecule has 186 valence electrons. The van der Waals surface area contributed by atoms with Crippen molar-refractivity contribution in [2.24, 2.45) is 0 Å². The fraction of sp³-hybridized carbons (Fsp3) is 0.0741. The Hall–Kier alpha value is -4.25. The van der Waals surface area contributed by atoms with Gasteiger partial charge in [-0.1, -0.05) is 18.2 Å². The quantitative estimate of drug-likeness (QED) is 0.119. The molecule has 0 saturated heterocycles. The number of rotatable bonds is 8. The lowest BCUT2D eigenvalue weighted by molar-refractivity contribution is 0.103. The molecule has 8 nitrogen and oxygen atoms in total. The largest absolute Gasteiger partial charge is 0.397 e. The number of nitrogen functional groups attached to an aromatic ring is 1. The first kappa shape index (κ1) is 24.4. The van der Waals surface area contributed by atoms with Crippen molar-refractivity contribution < 1.29 is 9.90 Å². The van der Waals surface area contributed by atoms with Gasteiger partial charge in [0.15, 0.2) is 11.4 Å². The molecule has 0 fully saturated rings. The first-order chi connectivity index (χ1) is 18.0. The van der Waals surface area contributed by atoms with Gasteiger partial charge < -0.3 is 26.8 Å². The van der Waals surface area contributed by atoms with Crippen molar-refractivity contribution in [2.45, 2.75) is 13.2 Å². The number of thiophene rings is 1. The molecule has 2 aromatic carbocycles. The van der Waals surface area contributed by atoms with Gasteiger partial charge in [0.05, 0.1) is 26.8 Å². The Morgan fingerprint density at radius 3 is 2.73 bits per heavy atom. The molecule has 0 aliphatic rings. The molecule has 0 radical (unpaired) electrons. The number of anilines is 5. The number of para-hydroxylation sites is 2. The molecular formula is C27H24N6O2S2. The molecule has 6 N–H and O–H groups in total. The normalized spacial score (nSPS) is 11.6. The molecule has 0 bridgehead atoms. The Kier molecular flexibility index (Phi) is 7.13. The van der Waals surface area contributed by atoms with Crippen molar-refractivity contribution in [3.05, 3.63) is 99.8 Å². The maximum absolute atomic E-state index is 12.9. The van der Waals surface area contributed by atoms with E-state index in [2.05, 4.69) is 25.9 Å². The van der Waals surface area contributed by atoms with Crippen molar-refractivity contribution in [1.82, 2.24) is 9.97 Å². The van der Waals surface area contributed by atoms with Crippen LogP contribution in [-0.4, -0.2) is 21.0 Å². The highest BCUT2D eigenvalue weighted by Gasteiger charge is 2.16. The molecule has 0 aliphatic carbocycles. The van der Waals surface area contributed by atoms with E-state index in [1.165, 1.54) is 22.7 Å². The van der Waals surface area contributed by atoms with Crippen LogP contribution in [0.2, 0.25) is 0 Å². The van der Waals surface area contributed by atoms with Crippen molar-refractivity contribution in [3.63, 3.8) is 0 Å². The van der Waals surface area contributed by atoms with Crippen molar-refractivity contribution in [3.8, 4) is 11.3 Å². The molecule has 0 aliphatic heterocycles. The number of aliphatic hydroxyl groups excluding tert-OH is 1. The topological polar surface area (TPSA) is 125 Å². The second-order valence-corrected chi connectivity index (χ2v) is 10.2. The molecule has 1 atom stereocenters. The number of aliphatic hydroxyl groups is 1. The van der Waals surface area contributed by atoms with E-state index >= 15 is 0 Å². The van der Waals surface area contributed by atoms with Gasteiger partial charge in [-0.05, 0) is 61.0 Å². The fourth-order valence-electron chi connectivity index (χ4n) is 3.59. The second kappa shape index (κ2) is 10.8. The highest BCUT2D eigenvalue weighted by Crippen LogP contribution is 2.31. The van der Waals surface area contributed by atoms with Crippen LogP contribution < -0.4 is 21.7 Å². The summed E-state index contributed by atoms with van der Waals surface area (Å²) >= 11 is 2.71. The van der Waals surface area contributed by atoms with Crippen LogP contribution in [-0.2, 0) is 0 Å². The van der Waals surface area contributed by atoms with Crippen molar-refractivity contribution in [1.29, 1.82) is 0 Å². The smallest absolute Gasteiger partial charge is 0.265 e. The minimum Gasteiger partial charge on any atom is -0.397 e. The van der Waals surface area contributed by atoms with E-state index in [1.807, 2.05) is 54.8 Å². The van der Waals surface area contributed by atoms with Gasteiger partial charge >= 0.3 is 0 Å². The third kappa shape index (κ3) is 5.78. The zero-order chi connectivity index (χ0) is 25.8. The number of amides is 1. The number of carbonyl (C=O) groups excluding carboxylic acids is 1. The van der Waals surface area contributed by atoms with Crippen LogP contribution in [0, 0.1) is 6.92 Å². The highest BCUT2D eigenvalue weighted by molar-refractivity contribution is 7.14. The van der Waals surface area contributed by atoms with Gasteiger partial charge in [-0.2, -0.15) is 0 Å². The number of carbonyl (C=O) groups is 1. The number of nitrogens with two attached hydrogens (primary N) is 1. The summed E-state index contributed by atoms with van der Waals surface area (Å²) < 4.78 is 0. The highest BCUT2D eigenvalue weighted by atomic mass is 32.1. The molecule has 1 amide bonds. The number of thiazole rings is 1. The lowest BCUT2D eigenvalue weighted by atomic mass is 10.2. The third-order valence-electron chi connectivity index (χ3n) is 5.57. The van der Waals surface area contributed by atoms with Gasteiger partial charge in [0.2, 0.25) is 0 Å². The molecule has 5 aromatic rings. The van der Waals surface area contributed by atoms with Crippen LogP contribution in [0.5, 0.6) is 0 Å². The maximum Gasteiger partial charge on any atom is 0.265 e. The summed E-state index contributed by atoms with van der Waals surface area (Å²) in [7, 11) is 0. The number of hydrogen-bond donors (Lipinski definition) is 5. The lowest BCUT2D eigenvalue weighted by Gasteiger charge is -2.14. The third-order valence-corrected chi connectivity index (χ3v) is 7.47. The van der Waals surface area contributed by atoms with Crippen LogP contribution in [0.1, 0.15) is 26.3 Å². The van der Waals surface area contributed by atoms with Crippen LogP contribution in [0.3, 0.4) is 0 Å². The standard InChI is InChI=1S/C27H24N6O2S2/c1-16-8-9-18(13-21(16)32-27-33-22(15-36-27)17-5-4-12-29-14-17)30-25(34)23-10-11-24(37-23)26(35)31-20-7-3-2-6-19(20)28/h2-15,26,31,35H,28H2,1H3,(H,30,34)(H,32,33). The Balaban J connectivity index is 1.25.